The van der Waals surface area contributed by atoms with E-state index < -0.39 is 12.6 Å². The summed E-state index contributed by atoms with van der Waals surface area (Å²) in [5, 5.41) is 2.93. The van der Waals surface area contributed by atoms with Crippen LogP contribution in [-0.2, 0) is 14.3 Å². The third kappa shape index (κ3) is 7.00. The first kappa shape index (κ1) is 20.9. The Bertz CT molecular complexity index is 660. The van der Waals surface area contributed by atoms with E-state index in [2.05, 4.69) is 23.9 Å². The molecule has 27 heavy (non-hydrogen) atoms. The molecule has 1 aliphatic rings. The SMILES string of the molecule is C[C@@H]1[C@@H](C)CCC[C@H]1NC(=O)COC(=O)/C=C/c1ccc(OC(F)F)cc1. The molecule has 0 spiro atoms. The summed E-state index contributed by atoms with van der Waals surface area (Å²) in [5.41, 5.74) is 0.614. The van der Waals surface area contributed by atoms with Gasteiger partial charge in [-0.2, -0.15) is 8.78 Å². The molecule has 0 heterocycles. The van der Waals surface area contributed by atoms with Crippen molar-refractivity contribution in [2.75, 3.05) is 6.61 Å². The Kier molecular flexibility index (Phi) is 7.76. The molecule has 1 fully saturated rings. The Hall–Kier alpha value is -2.44. The minimum atomic E-state index is -2.88. The highest BCUT2D eigenvalue weighted by Gasteiger charge is 2.28. The van der Waals surface area contributed by atoms with Crippen LogP contribution in [0.5, 0.6) is 5.75 Å². The Labute approximate surface area is 157 Å². The molecule has 1 N–H and O–H groups in total. The summed E-state index contributed by atoms with van der Waals surface area (Å²) < 4.78 is 33.4. The fourth-order valence-corrected chi connectivity index (χ4v) is 3.14. The van der Waals surface area contributed by atoms with Crippen molar-refractivity contribution in [1.29, 1.82) is 0 Å². The molecule has 3 atom stereocenters. The van der Waals surface area contributed by atoms with Crippen LogP contribution in [0.1, 0.15) is 38.7 Å². The molecular weight excluding hydrogens is 356 g/mol. The maximum Gasteiger partial charge on any atom is 0.387 e. The molecule has 1 saturated carbocycles. The van der Waals surface area contributed by atoms with Crippen LogP contribution < -0.4 is 10.1 Å². The van der Waals surface area contributed by atoms with Crippen molar-refractivity contribution in [2.24, 2.45) is 11.8 Å². The number of rotatable bonds is 7. The van der Waals surface area contributed by atoms with Gasteiger partial charge in [-0.15, -0.1) is 0 Å². The zero-order chi connectivity index (χ0) is 19.8. The van der Waals surface area contributed by atoms with Crippen molar-refractivity contribution in [1.82, 2.24) is 5.32 Å². The summed E-state index contributed by atoms with van der Waals surface area (Å²) in [6, 6.07) is 5.91. The number of carbonyl (C=O) groups excluding carboxylic acids is 2. The van der Waals surface area contributed by atoms with Gasteiger partial charge in [0, 0.05) is 12.1 Å². The van der Waals surface area contributed by atoms with Gasteiger partial charge < -0.3 is 14.8 Å². The van der Waals surface area contributed by atoms with E-state index in [0.29, 0.717) is 17.4 Å². The van der Waals surface area contributed by atoms with Gasteiger partial charge in [0.05, 0.1) is 0 Å². The Balaban J connectivity index is 1.75. The van der Waals surface area contributed by atoms with Gasteiger partial charge in [-0.25, -0.2) is 4.79 Å². The van der Waals surface area contributed by atoms with Crippen molar-refractivity contribution in [3.05, 3.63) is 35.9 Å². The van der Waals surface area contributed by atoms with Gasteiger partial charge in [0.15, 0.2) is 6.61 Å². The number of ether oxygens (including phenoxy) is 2. The second-order valence-corrected chi connectivity index (χ2v) is 6.83. The molecule has 0 saturated heterocycles. The Morgan fingerprint density at radius 1 is 1.22 bits per heavy atom. The molecule has 1 aromatic carbocycles. The molecule has 0 unspecified atom stereocenters. The van der Waals surface area contributed by atoms with Crippen molar-refractivity contribution in [2.45, 2.75) is 45.8 Å². The van der Waals surface area contributed by atoms with E-state index in [9.17, 15) is 18.4 Å². The minimum absolute atomic E-state index is 0.0349. The van der Waals surface area contributed by atoms with Gasteiger partial charge in [0.1, 0.15) is 5.75 Å². The number of esters is 1. The fraction of sp³-hybridized carbons (Fsp3) is 0.500. The van der Waals surface area contributed by atoms with Crippen molar-refractivity contribution >= 4 is 18.0 Å². The number of hydrogen-bond acceptors (Lipinski definition) is 4. The van der Waals surface area contributed by atoms with Gasteiger partial charge in [-0.05, 0) is 42.0 Å². The van der Waals surface area contributed by atoms with E-state index in [-0.39, 0.29) is 24.3 Å². The van der Waals surface area contributed by atoms with Crippen LogP contribution in [0.15, 0.2) is 30.3 Å². The molecular formula is C20H25F2NO4. The lowest BCUT2D eigenvalue weighted by molar-refractivity contribution is -0.144. The number of carbonyl (C=O) groups is 2. The van der Waals surface area contributed by atoms with Gasteiger partial charge in [-0.3, -0.25) is 4.79 Å². The number of benzene rings is 1. The molecule has 1 aromatic rings. The van der Waals surface area contributed by atoms with Gasteiger partial charge in [0.25, 0.3) is 5.91 Å². The maximum atomic E-state index is 12.1. The summed E-state index contributed by atoms with van der Waals surface area (Å²) in [7, 11) is 0. The minimum Gasteiger partial charge on any atom is -0.452 e. The van der Waals surface area contributed by atoms with Crippen LogP contribution in [0.25, 0.3) is 6.08 Å². The molecule has 7 heteroatoms. The predicted molar refractivity (Wildman–Crippen MR) is 97.2 cm³/mol. The normalized spacial score (nSPS) is 22.6. The average Bonchev–Trinajstić information content (AvgIpc) is 2.63. The van der Waals surface area contributed by atoms with E-state index in [1.54, 1.807) is 0 Å². The third-order valence-corrected chi connectivity index (χ3v) is 4.92. The van der Waals surface area contributed by atoms with E-state index in [1.165, 1.54) is 42.8 Å². The second-order valence-electron chi connectivity index (χ2n) is 6.83. The number of halogens is 2. The standard InChI is InChI=1S/C20H25F2NO4/c1-13-4-3-5-17(14(13)2)23-18(24)12-26-19(25)11-8-15-6-9-16(10-7-15)27-20(21)22/h6-11,13-14,17,20H,3-5,12H2,1-2H3,(H,23,24)/b11-8+/t13-,14+,17+/m0/s1. The van der Waals surface area contributed by atoms with Gasteiger partial charge in [-0.1, -0.05) is 38.8 Å². The van der Waals surface area contributed by atoms with Crippen LogP contribution in [0, 0.1) is 11.8 Å². The lowest BCUT2D eigenvalue weighted by Crippen LogP contribution is -2.45. The number of nitrogens with one attached hydrogen (secondary N) is 1. The zero-order valence-corrected chi connectivity index (χ0v) is 15.5. The summed E-state index contributed by atoms with van der Waals surface area (Å²) in [4.78, 5) is 23.7. The highest BCUT2D eigenvalue weighted by atomic mass is 19.3. The maximum absolute atomic E-state index is 12.1. The summed E-state index contributed by atoms with van der Waals surface area (Å²) in [6.45, 7) is 1.09. The molecule has 2 rings (SSSR count). The first-order valence-corrected chi connectivity index (χ1v) is 9.04. The quantitative estimate of drug-likeness (QED) is 0.577. The molecule has 5 nitrogen and oxygen atoms in total. The topological polar surface area (TPSA) is 64.6 Å². The van der Waals surface area contributed by atoms with Crippen molar-refractivity contribution in [3.63, 3.8) is 0 Å². The van der Waals surface area contributed by atoms with E-state index in [4.69, 9.17) is 4.74 Å². The van der Waals surface area contributed by atoms with Crippen LogP contribution >= 0.6 is 0 Å². The molecule has 0 aromatic heterocycles. The largest absolute Gasteiger partial charge is 0.452 e. The lowest BCUT2D eigenvalue weighted by atomic mass is 9.78. The second kappa shape index (κ2) is 10.0. The average molecular weight is 381 g/mol. The number of amides is 1. The molecule has 1 aliphatic carbocycles. The van der Waals surface area contributed by atoms with E-state index in [1.807, 2.05) is 0 Å². The summed E-state index contributed by atoms with van der Waals surface area (Å²) in [5.74, 6) is 0.0364. The molecule has 0 aliphatic heterocycles. The summed E-state index contributed by atoms with van der Waals surface area (Å²) >= 11 is 0. The molecule has 0 radical (unpaired) electrons. The van der Waals surface area contributed by atoms with Gasteiger partial charge in [0.2, 0.25) is 0 Å². The molecule has 1 amide bonds. The Morgan fingerprint density at radius 3 is 2.59 bits per heavy atom. The van der Waals surface area contributed by atoms with Crippen LogP contribution in [0.2, 0.25) is 0 Å². The molecule has 148 valence electrons. The van der Waals surface area contributed by atoms with Crippen molar-refractivity contribution < 1.29 is 27.8 Å². The van der Waals surface area contributed by atoms with Crippen LogP contribution in [0.4, 0.5) is 8.78 Å². The monoisotopic (exact) mass is 381 g/mol. The van der Waals surface area contributed by atoms with Crippen LogP contribution in [0.3, 0.4) is 0 Å². The smallest absolute Gasteiger partial charge is 0.387 e. The van der Waals surface area contributed by atoms with Crippen molar-refractivity contribution in [3.8, 4) is 5.75 Å². The van der Waals surface area contributed by atoms with E-state index >= 15 is 0 Å². The third-order valence-electron chi connectivity index (χ3n) is 4.92. The van der Waals surface area contributed by atoms with Crippen LogP contribution in [-0.4, -0.2) is 31.1 Å². The molecule has 0 bridgehead atoms. The van der Waals surface area contributed by atoms with E-state index in [0.717, 1.165) is 12.8 Å². The first-order chi connectivity index (χ1) is 12.8. The highest BCUT2D eigenvalue weighted by Crippen LogP contribution is 2.29. The number of alkyl halides is 2. The predicted octanol–water partition coefficient (Wildman–Crippen LogP) is 3.79. The first-order valence-electron chi connectivity index (χ1n) is 9.04. The fourth-order valence-electron chi connectivity index (χ4n) is 3.14. The lowest BCUT2D eigenvalue weighted by Gasteiger charge is -2.34. The highest BCUT2D eigenvalue weighted by molar-refractivity contribution is 5.89. The zero-order valence-electron chi connectivity index (χ0n) is 15.5. The number of hydrogen-bond donors (Lipinski definition) is 1. The van der Waals surface area contributed by atoms with Gasteiger partial charge >= 0.3 is 12.6 Å². The Morgan fingerprint density at radius 2 is 1.93 bits per heavy atom. The summed E-state index contributed by atoms with van der Waals surface area (Å²) in [6.07, 6.45) is 5.85.